The molecular formula is C13H22IN3O2. The van der Waals surface area contributed by atoms with Crippen LogP contribution in [0.25, 0.3) is 0 Å². The van der Waals surface area contributed by atoms with Crippen molar-refractivity contribution in [3.8, 4) is 0 Å². The number of nitrogens with one attached hydrogen (secondary N) is 1. The topological polar surface area (TPSA) is 56.3 Å². The maximum absolute atomic E-state index is 5.49. The van der Waals surface area contributed by atoms with Crippen LogP contribution in [0.5, 0.6) is 0 Å². The predicted molar refractivity (Wildman–Crippen MR) is 84.3 cm³/mol. The Balaban J connectivity index is 3.15. The van der Waals surface area contributed by atoms with Crippen LogP contribution >= 0.6 is 22.6 Å². The first-order chi connectivity index (χ1) is 9.17. The number of halogens is 1. The van der Waals surface area contributed by atoms with Gasteiger partial charge in [-0.15, -0.1) is 0 Å². The van der Waals surface area contributed by atoms with Gasteiger partial charge in [0.25, 0.3) is 0 Å². The first kappa shape index (κ1) is 16.6. The van der Waals surface area contributed by atoms with Crippen molar-refractivity contribution in [2.45, 2.75) is 39.4 Å². The van der Waals surface area contributed by atoms with Crippen molar-refractivity contribution in [2.24, 2.45) is 0 Å². The minimum absolute atomic E-state index is 0.0602. The Labute approximate surface area is 128 Å². The highest BCUT2D eigenvalue weighted by Crippen LogP contribution is 2.25. The van der Waals surface area contributed by atoms with Gasteiger partial charge in [0.15, 0.2) is 5.82 Å². The molecule has 1 heterocycles. The van der Waals surface area contributed by atoms with E-state index in [1.54, 1.807) is 14.2 Å². The van der Waals surface area contributed by atoms with Gasteiger partial charge in [-0.2, -0.15) is 0 Å². The molecule has 0 spiro atoms. The summed E-state index contributed by atoms with van der Waals surface area (Å²) in [6, 6.07) is 0. The van der Waals surface area contributed by atoms with Crippen molar-refractivity contribution in [1.29, 1.82) is 0 Å². The summed E-state index contributed by atoms with van der Waals surface area (Å²) in [5, 5.41) is 3.27. The fourth-order valence-corrected chi connectivity index (χ4v) is 2.38. The summed E-state index contributed by atoms with van der Waals surface area (Å²) in [4.78, 5) is 9.17. The molecule has 0 aromatic carbocycles. The molecule has 1 atom stereocenters. The van der Waals surface area contributed by atoms with Crippen LogP contribution in [-0.2, 0) is 16.1 Å². The van der Waals surface area contributed by atoms with Crippen molar-refractivity contribution in [1.82, 2.24) is 9.97 Å². The molecule has 0 saturated carbocycles. The van der Waals surface area contributed by atoms with Crippen molar-refractivity contribution in [3.05, 3.63) is 15.1 Å². The third-order valence-corrected chi connectivity index (χ3v) is 3.82. The quantitative estimate of drug-likeness (QED) is 0.704. The highest BCUT2D eigenvalue weighted by Gasteiger charge is 2.18. The van der Waals surface area contributed by atoms with Crippen LogP contribution in [0, 0.1) is 3.57 Å². The zero-order chi connectivity index (χ0) is 14.3. The van der Waals surface area contributed by atoms with E-state index in [1.807, 2.05) is 6.92 Å². The number of hydrogen-bond donors (Lipinski definition) is 1. The van der Waals surface area contributed by atoms with Crippen LogP contribution in [0.4, 0.5) is 5.82 Å². The highest BCUT2D eigenvalue weighted by atomic mass is 127. The number of ether oxygens (including phenoxy) is 2. The maximum atomic E-state index is 5.49. The number of methoxy groups -OCH3 is 2. The molecule has 0 radical (unpaired) electrons. The van der Waals surface area contributed by atoms with Gasteiger partial charge in [0.2, 0.25) is 0 Å². The number of aromatic nitrogens is 2. The minimum Gasteiger partial charge on any atom is -0.378 e. The van der Waals surface area contributed by atoms with E-state index in [1.165, 1.54) is 0 Å². The Bertz CT molecular complexity index is 374. The molecule has 6 heteroatoms. The summed E-state index contributed by atoms with van der Waals surface area (Å²) in [6.45, 7) is 5.48. The third kappa shape index (κ3) is 4.54. The van der Waals surface area contributed by atoms with Gasteiger partial charge in [-0.05, 0) is 35.9 Å². The molecule has 0 aliphatic rings. The molecular weight excluding hydrogens is 357 g/mol. The van der Waals surface area contributed by atoms with Gasteiger partial charge in [0.05, 0.1) is 15.9 Å². The van der Waals surface area contributed by atoms with Crippen LogP contribution in [0.15, 0.2) is 0 Å². The molecule has 1 unspecified atom stereocenters. The average molecular weight is 379 g/mol. The zero-order valence-corrected chi connectivity index (χ0v) is 14.2. The first-order valence-electron chi connectivity index (χ1n) is 6.49. The van der Waals surface area contributed by atoms with Crippen molar-refractivity contribution in [3.63, 3.8) is 0 Å². The van der Waals surface area contributed by atoms with E-state index in [-0.39, 0.29) is 6.10 Å². The van der Waals surface area contributed by atoms with Gasteiger partial charge in [0.1, 0.15) is 11.9 Å². The van der Waals surface area contributed by atoms with Crippen molar-refractivity contribution >= 4 is 28.4 Å². The molecule has 1 N–H and O–H groups in total. The molecule has 0 amide bonds. The lowest BCUT2D eigenvalue weighted by Crippen LogP contribution is -2.14. The van der Waals surface area contributed by atoms with Gasteiger partial charge >= 0.3 is 0 Å². The number of nitrogens with zero attached hydrogens (tertiary/aromatic N) is 2. The lowest BCUT2D eigenvalue weighted by Gasteiger charge is -2.17. The van der Waals surface area contributed by atoms with E-state index in [0.29, 0.717) is 6.61 Å². The Morgan fingerprint density at radius 1 is 1.26 bits per heavy atom. The molecule has 0 bridgehead atoms. The van der Waals surface area contributed by atoms with Gasteiger partial charge in [-0.3, -0.25) is 0 Å². The lowest BCUT2D eigenvalue weighted by molar-refractivity contribution is 0.0868. The van der Waals surface area contributed by atoms with Crippen LogP contribution in [0.1, 0.15) is 44.3 Å². The van der Waals surface area contributed by atoms with Gasteiger partial charge in [-0.25, -0.2) is 9.97 Å². The average Bonchev–Trinajstić information content (AvgIpc) is 2.41. The fraction of sp³-hybridized carbons (Fsp3) is 0.692. The molecule has 0 aliphatic carbocycles. The third-order valence-electron chi connectivity index (χ3n) is 2.69. The van der Waals surface area contributed by atoms with Gasteiger partial charge < -0.3 is 14.8 Å². The second kappa shape index (κ2) is 8.65. The summed E-state index contributed by atoms with van der Waals surface area (Å²) in [6.07, 6.45) is 1.88. The summed E-state index contributed by atoms with van der Waals surface area (Å²) in [5.74, 6) is 1.59. The number of rotatable bonds is 8. The summed E-state index contributed by atoms with van der Waals surface area (Å²) < 4.78 is 11.7. The summed E-state index contributed by atoms with van der Waals surface area (Å²) in [5.41, 5.74) is 0.905. The second-order valence-corrected chi connectivity index (χ2v) is 5.25. The van der Waals surface area contributed by atoms with Crippen LogP contribution < -0.4 is 5.32 Å². The normalized spacial score (nSPS) is 12.5. The van der Waals surface area contributed by atoms with Crippen LogP contribution in [-0.4, -0.2) is 30.7 Å². The molecule has 0 aliphatic heterocycles. The van der Waals surface area contributed by atoms with E-state index in [4.69, 9.17) is 9.47 Å². The molecule has 108 valence electrons. The Hall–Kier alpha value is -0.470. The Morgan fingerprint density at radius 3 is 2.53 bits per heavy atom. The van der Waals surface area contributed by atoms with E-state index in [0.717, 1.165) is 40.3 Å². The van der Waals surface area contributed by atoms with Gasteiger partial charge in [-0.1, -0.05) is 13.3 Å². The summed E-state index contributed by atoms with van der Waals surface area (Å²) >= 11 is 2.25. The van der Waals surface area contributed by atoms with Crippen LogP contribution in [0.2, 0.25) is 0 Å². The SMILES string of the molecule is CCCC(OC)c1nc(COC)c(I)c(NCC)n1. The molecule has 1 aromatic rings. The first-order valence-corrected chi connectivity index (χ1v) is 7.57. The number of hydrogen-bond acceptors (Lipinski definition) is 5. The predicted octanol–water partition coefficient (Wildman–Crippen LogP) is 3.15. The van der Waals surface area contributed by atoms with Gasteiger partial charge in [0, 0.05) is 20.8 Å². The highest BCUT2D eigenvalue weighted by molar-refractivity contribution is 14.1. The van der Waals surface area contributed by atoms with Crippen LogP contribution in [0.3, 0.4) is 0 Å². The molecule has 0 fully saturated rings. The Kier molecular flexibility index (Phi) is 7.55. The minimum atomic E-state index is -0.0602. The molecule has 0 saturated heterocycles. The van der Waals surface area contributed by atoms with E-state index in [2.05, 4.69) is 44.8 Å². The van der Waals surface area contributed by atoms with E-state index < -0.39 is 0 Å². The smallest absolute Gasteiger partial charge is 0.159 e. The molecule has 1 rings (SSSR count). The maximum Gasteiger partial charge on any atom is 0.159 e. The number of anilines is 1. The largest absolute Gasteiger partial charge is 0.378 e. The molecule has 19 heavy (non-hydrogen) atoms. The summed E-state index contributed by atoms with van der Waals surface area (Å²) in [7, 11) is 3.37. The fourth-order valence-electron chi connectivity index (χ4n) is 1.79. The Morgan fingerprint density at radius 2 is 2.00 bits per heavy atom. The van der Waals surface area contributed by atoms with Crippen molar-refractivity contribution < 1.29 is 9.47 Å². The second-order valence-electron chi connectivity index (χ2n) is 4.17. The monoisotopic (exact) mass is 379 g/mol. The van der Waals surface area contributed by atoms with Crippen molar-refractivity contribution in [2.75, 3.05) is 26.1 Å². The zero-order valence-electron chi connectivity index (χ0n) is 12.0. The molecule has 1 aromatic heterocycles. The molecule has 5 nitrogen and oxygen atoms in total. The van der Waals surface area contributed by atoms with E-state index in [9.17, 15) is 0 Å². The lowest BCUT2D eigenvalue weighted by atomic mass is 10.2. The van der Waals surface area contributed by atoms with E-state index >= 15 is 0 Å². The standard InChI is InChI=1S/C13H22IN3O2/c1-5-7-10(19-4)12-16-9(8-18-3)11(14)13(17-12)15-6-2/h10H,5-8H2,1-4H3,(H,15,16,17).